The number of para-hydroxylation sites is 1. The Labute approximate surface area is 163 Å². The first-order valence-corrected chi connectivity index (χ1v) is 9.32. The Morgan fingerprint density at radius 2 is 1.89 bits per heavy atom. The van der Waals surface area contributed by atoms with Crippen molar-refractivity contribution in [3.05, 3.63) is 59.4 Å². The first-order valence-electron chi connectivity index (χ1n) is 9.32. The Hall–Kier alpha value is -3.22. The van der Waals surface area contributed by atoms with E-state index in [1.165, 1.54) is 0 Å². The molecular weight excluding hydrogens is 356 g/mol. The highest BCUT2D eigenvalue weighted by atomic mass is 16.2. The average Bonchev–Trinajstić information content (AvgIpc) is 2.69. The van der Waals surface area contributed by atoms with Crippen LogP contribution in [0.5, 0.6) is 0 Å². The molecule has 1 aromatic heterocycles. The van der Waals surface area contributed by atoms with Gasteiger partial charge in [-0.15, -0.1) is 0 Å². The number of nitrogens with zero attached hydrogens (tertiary/aromatic N) is 2. The normalized spacial score (nSPS) is 14.5. The van der Waals surface area contributed by atoms with Gasteiger partial charge in [0.05, 0.1) is 17.7 Å². The lowest BCUT2D eigenvalue weighted by atomic mass is 9.95. The number of hydrogen-bond acceptors (Lipinski definition) is 4. The van der Waals surface area contributed by atoms with E-state index < -0.39 is 0 Å². The first-order chi connectivity index (χ1) is 13.5. The van der Waals surface area contributed by atoms with Crippen LogP contribution in [0.25, 0.3) is 0 Å². The van der Waals surface area contributed by atoms with Crippen molar-refractivity contribution in [2.24, 2.45) is 11.7 Å². The molecule has 7 nitrogen and oxygen atoms in total. The maximum atomic E-state index is 12.9. The van der Waals surface area contributed by atoms with Gasteiger partial charge in [-0.2, -0.15) is 0 Å². The number of anilines is 1. The second kappa shape index (κ2) is 8.65. The molecule has 2 aromatic rings. The van der Waals surface area contributed by atoms with Gasteiger partial charge >= 0.3 is 0 Å². The monoisotopic (exact) mass is 380 g/mol. The zero-order valence-corrected chi connectivity index (χ0v) is 15.9. The standard InChI is InChI=1S/C21H24N4O3/c1-14-6-9-23-13-16(14)12-19(26)24-18-5-3-2-4-17(18)21(28)25-10-7-15(8-11-25)20(22)27/h2-6,9,13,15H,7-8,10-12H2,1H3,(H2,22,27)(H,24,26). The number of aromatic nitrogens is 1. The number of pyridine rings is 1. The van der Waals surface area contributed by atoms with Crippen molar-refractivity contribution in [1.82, 2.24) is 9.88 Å². The van der Waals surface area contributed by atoms with E-state index in [9.17, 15) is 14.4 Å². The molecule has 0 atom stereocenters. The minimum Gasteiger partial charge on any atom is -0.369 e. The molecule has 1 aliphatic rings. The Morgan fingerprint density at radius 1 is 1.18 bits per heavy atom. The van der Waals surface area contributed by atoms with Gasteiger partial charge < -0.3 is 16.0 Å². The van der Waals surface area contributed by atoms with Crippen molar-refractivity contribution in [3.63, 3.8) is 0 Å². The Kier molecular flexibility index (Phi) is 6.03. The third-order valence-electron chi connectivity index (χ3n) is 5.11. The number of primary amides is 1. The molecule has 1 saturated heterocycles. The van der Waals surface area contributed by atoms with Gasteiger partial charge in [0.15, 0.2) is 0 Å². The summed E-state index contributed by atoms with van der Waals surface area (Å²) >= 11 is 0. The van der Waals surface area contributed by atoms with Crippen LogP contribution in [-0.4, -0.2) is 40.7 Å². The lowest BCUT2D eigenvalue weighted by Crippen LogP contribution is -2.42. The van der Waals surface area contributed by atoms with Crippen LogP contribution in [0.2, 0.25) is 0 Å². The Morgan fingerprint density at radius 3 is 2.57 bits per heavy atom. The molecule has 0 saturated carbocycles. The molecular formula is C21H24N4O3. The second-order valence-electron chi connectivity index (χ2n) is 7.04. The largest absolute Gasteiger partial charge is 0.369 e. The number of hydrogen-bond donors (Lipinski definition) is 2. The van der Waals surface area contributed by atoms with Gasteiger partial charge in [0.2, 0.25) is 11.8 Å². The summed E-state index contributed by atoms with van der Waals surface area (Å²) < 4.78 is 0. The number of rotatable bonds is 5. The number of nitrogens with two attached hydrogens (primary N) is 1. The topological polar surface area (TPSA) is 105 Å². The molecule has 0 bridgehead atoms. The summed E-state index contributed by atoms with van der Waals surface area (Å²) in [4.78, 5) is 42.5. The van der Waals surface area contributed by atoms with Crippen molar-refractivity contribution >= 4 is 23.4 Å². The van der Waals surface area contributed by atoms with Crippen LogP contribution >= 0.6 is 0 Å². The number of carbonyl (C=O) groups excluding carboxylic acids is 3. The summed E-state index contributed by atoms with van der Waals surface area (Å²) in [5.41, 5.74) is 8.12. The fourth-order valence-electron chi connectivity index (χ4n) is 3.37. The molecule has 0 unspecified atom stereocenters. The van der Waals surface area contributed by atoms with Crippen LogP contribution < -0.4 is 11.1 Å². The predicted octanol–water partition coefficient (Wildman–Crippen LogP) is 1.91. The molecule has 0 spiro atoms. The highest BCUT2D eigenvalue weighted by molar-refractivity contribution is 6.04. The fourth-order valence-corrected chi connectivity index (χ4v) is 3.37. The molecule has 2 heterocycles. The van der Waals surface area contributed by atoms with E-state index in [0.29, 0.717) is 37.2 Å². The van der Waals surface area contributed by atoms with Gasteiger partial charge in [-0.3, -0.25) is 19.4 Å². The van der Waals surface area contributed by atoms with E-state index in [-0.39, 0.29) is 30.1 Å². The molecule has 7 heteroatoms. The number of nitrogens with one attached hydrogen (secondary N) is 1. The SMILES string of the molecule is Cc1ccncc1CC(=O)Nc1ccccc1C(=O)N1CCC(C(N)=O)CC1. The van der Waals surface area contributed by atoms with Crippen LogP contribution in [0.4, 0.5) is 5.69 Å². The predicted molar refractivity (Wildman–Crippen MR) is 106 cm³/mol. The number of aryl methyl sites for hydroxylation is 1. The van der Waals surface area contributed by atoms with Crippen LogP contribution in [0.1, 0.15) is 34.3 Å². The fraction of sp³-hybridized carbons (Fsp3) is 0.333. The molecule has 1 fully saturated rings. The van der Waals surface area contributed by atoms with E-state index >= 15 is 0 Å². The van der Waals surface area contributed by atoms with E-state index in [4.69, 9.17) is 5.73 Å². The van der Waals surface area contributed by atoms with Crippen LogP contribution in [0.3, 0.4) is 0 Å². The van der Waals surface area contributed by atoms with E-state index in [0.717, 1.165) is 11.1 Å². The molecule has 28 heavy (non-hydrogen) atoms. The number of carbonyl (C=O) groups is 3. The van der Waals surface area contributed by atoms with Crippen LogP contribution in [0, 0.1) is 12.8 Å². The minimum atomic E-state index is -0.314. The van der Waals surface area contributed by atoms with Gasteiger partial charge in [-0.25, -0.2) is 0 Å². The minimum absolute atomic E-state index is 0.156. The maximum absolute atomic E-state index is 12.9. The first kappa shape index (κ1) is 19.5. The molecule has 3 N–H and O–H groups in total. The summed E-state index contributed by atoms with van der Waals surface area (Å²) in [6, 6.07) is 8.83. The summed E-state index contributed by atoms with van der Waals surface area (Å²) in [5, 5.41) is 2.84. The quantitative estimate of drug-likeness (QED) is 0.826. The van der Waals surface area contributed by atoms with Gasteiger partial charge in [-0.05, 0) is 49.1 Å². The molecule has 146 valence electrons. The third kappa shape index (κ3) is 4.54. The molecule has 0 aliphatic carbocycles. The smallest absolute Gasteiger partial charge is 0.255 e. The number of benzene rings is 1. The summed E-state index contributed by atoms with van der Waals surface area (Å²) in [6.07, 6.45) is 4.68. The summed E-state index contributed by atoms with van der Waals surface area (Å²) in [6.45, 7) is 2.88. The van der Waals surface area contributed by atoms with Gasteiger partial charge in [0, 0.05) is 31.4 Å². The van der Waals surface area contributed by atoms with Crippen molar-refractivity contribution in [2.75, 3.05) is 18.4 Å². The average molecular weight is 380 g/mol. The number of amides is 3. The molecule has 3 amide bonds. The highest BCUT2D eigenvalue weighted by Gasteiger charge is 2.27. The number of likely N-dealkylation sites (tertiary alicyclic amines) is 1. The van der Waals surface area contributed by atoms with Crippen molar-refractivity contribution in [1.29, 1.82) is 0 Å². The van der Waals surface area contributed by atoms with E-state index in [1.807, 2.05) is 13.0 Å². The lowest BCUT2D eigenvalue weighted by molar-refractivity contribution is -0.123. The van der Waals surface area contributed by atoms with Crippen LogP contribution in [0.15, 0.2) is 42.7 Å². The zero-order chi connectivity index (χ0) is 20.1. The second-order valence-corrected chi connectivity index (χ2v) is 7.04. The van der Waals surface area contributed by atoms with Crippen LogP contribution in [-0.2, 0) is 16.0 Å². The molecule has 1 aromatic carbocycles. The lowest BCUT2D eigenvalue weighted by Gasteiger charge is -2.31. The Balaban J connectivity index is 1.69. The highest BCUT2D eigenvalue weighted by Crippen LogP contribution is 2.22. The Bertz CT molecular complexity index is 889. The number of piperidine rings is 1. The van der Waals surface area contributed by atoms with Gasteiger partial charge in [0.1, 0.15) is 0 Å². The van der Waals surface area contributed by atoms with Crippen molar-refractivity contribution < 1.29 is 14.4 Å². The van der Waals surface area contributed by atoms with Gasteiger partial charge in [-0.1, -0.05) is 12.1 Å². The van der Waals surface area contributed by atoms with Gasteiger partial charge in [0.25, 0.3) is 5.91 Å². The third-order valence-corrected chi connectivity index (χ3v) is 5.11. The molecule has 0 radical (unpaired) electrons. The zero-order valence-electron chi connectivity index (χ0n) is 15.9. The molecule has 3 rings (SSSR count). The summed E-state index contributed by atoms with van der Waals surface area (Å²) in [5.74, 6) is -0.854. The van der Waals surface area contributed by atoms with E-state index in [1.54, 1.807) is 41.6 Å². The van der Waals surface area contributed by atoms with E-state index in [2.05, 4.69) is 10.3 Å². The molecule has 1 aliphatic heterocycles. The summed E-state index contributed by atoms with van der Waals surface area (Å²) in [7, 11) is 0. The van der Waals surface area contributed by atoms with Crippen molar-refractivity contribution in [3.8, 4) is 0 Å². The van der Waals surface area contributed by atoms with Crippen molar-refractivity contribution in [2.45, 2.75) is 26.2 Å². The maximum Gasteiger partial charge on any atom is 0.255 e.